The van der Waals surface area contributed by atoms with Gasteiger partial charge in [-0.3, -0.25) is 14.6 Å². The number of hydrogen-bond acceptors (Lipinski definition) is 5. The first-order chi connectivity index (χ1) is 13.4. The van der Waals surface area contributed by atoms with Crippen LogP contribution in [0.4, 0.5) is 0 Å². The largest absolute Gasteiger partial charge is 0.497 e. The summed E-state index contributed by atoms with van der Waals surface area (Å²) in [6, 6.07) is 7.94. The normalized spacial score (nSPS) is 11.6. The van der Waals surface area contributed by atoms with Crippen molar-refractivity contribution in [3.63, 3.8) is 0 Å². The zero-order valence-corrected chi connectivity index (χ0v) is 16.7. The van der Waals surface area contributed by atoms with E-state index < -0.39 is 6.04 Å². The van der Waals surface area contributed by atoms with E-state index >= 15 is 0 Å². The highest BCUT2D eigenvalue weighted by Crippen LogP contribution is 2.22. The van der Waals surface area contributed by atoms with Crippen LogP contribution in [0.25, 0.3) is 0 Å². The first kappa shape index (κ1) is 21.2. The molecule has 0 aliphatic carbocycles. The van der Waals surface area contributed by atoms with E-state index in [1.165, 1.54) is 14.2 Å². The fourth-order valence-electron chi connectivity index (χ4n) is 2.70. The molecule has 1 heterocycles. The van der Waals surface area contributed by atoms with Gasteiger partial charge in [-0.05, 0) is 36.1 Å². The lowest BCUT2D eigenvalue weighted by Gasteiger charge is -2.20. The first-order valence-electron chi connectivity index (χ1n) is 9.13. The van der Waals surface area contributed by atoms with Gasteiger partial charge in [-0.2, -0.15) is 0 Å². The molecule has 2 N–H and O–H groups in total. The zero-order valence-electron chi connectivity index (χ0n) is 16.7. The maximum atomic E-state index is 12.7. The molecule has 7 nitrogen and oxygen atoms in total. The molecule has 0 bridgehead atoms. The van der Waals surface area contributed by atoms with Crippen LogP contribution < -0.4 is 20.1 Å². The molecule has 0 saturated carbocycles. The summed E-state index contributed by atoms with van der Waals surface area (Å²) < 4.78 is 10.4. The second kappa shape index (κ2) is 10.3. The van der Waals surface area contributed by atoms with E-state index in [4.69, 9.17) is 9.47 Å². The van der Waals surface area contributed by atoms with Crippen LogP contribution in [0.2, 0.25) is 0 Å². The lowest BCUT2D eigenvalue weighted by molar-refractivity contribution is -0.123. The zero-order chi connectivity index (χ0) is 20.5. The molecule has 0 spiro atoms. The summed E-state index contributed by atoms with van der Waals surface area (Å²) in [6.07, 6.45) is 3.89. The summed E-state index contributed by atoms with van der Waals surface area (Å²) >= 11 is 0. The molecule has 1 atom stereocenters. The van der Waals surface area contributed by atoms with Gasteiger partial charge in [-0.25, -0.2) is 0 Å². The first-order valence-corrected chi connectivity index (χ1v) is 9.13. The van der Waals surface area contributed by atoms with E-state index in [0.29, 0.717) is 30.0 Å². The lowest BCUT2D eigenvalue weighted by atomic mass is 10.0. The van der Waals surface area contributed by atoms with Gasteiger partial charge >= 0.3 is 0 Å². The maximum absolute atomic E-state index is 12.7. The van der Waals surface area contributed by atoms with Crippen LogP contribution in [0.3, 0.4) is 0 Å². The molecular formula is C21H27N3O4. The Labute approximate surface area is 165 Å². The Kier molecular flexibility index (Phi) is 7.80. The Morgan fingerprint density at radius 2 is 1.79 bits per heavy atom. The van der Waals surface area contributed by atoms with Crippen molar-refractivity contribution >= 4 is 11.8 Å². The van der Waals surface area contributed by atoms with E-state index in [0.717, 1.165) is 5.56 Å². The molecule has 0 fully saturated rings. The summed E-state index contributed by atoms with van der Waals surface area (Å²) in [5.74, 6) is 0.645. The number of pyridine rings is 1. The molecule has 150 valence electrons. The predicted molar refractivity (Wildman–Crippen MR) is 106 cm³/mol. The van der Waals surface area contributed by atoms with Crippen LogP contribution in [0.5, 0.6) is 11.5 Å². The number of aromatic nitrogens is 1. The van der Waals surface area contributed by atoms with E-state index in [-0.39, 0.29) is 17.7 Å². The van der Waals surface area contributed by atoms with Crippen LogP contribution in [-0.4, -0.2) is 37.1 Å². The Morgan fingerprint density at radius 3 is 2.32 bits per heavy atom. The van der Waals surface area contributed by atoms with Gasteiger partial charge in [0, 0.05) is 30.6 Å². The maximum Gasteiger partial charge on any atom is 0.252 e. The molecule has 28 heavy (non-hydrogen) atoms. The number of carbonyl (C=O) groups excluding carboxylic acids is 2. The van der Waals surface area contributed by atoms with Crippen molar-refractivity contribution in [2.45, 2.75) is 32.9 Å². The fraction of sp³-hybridized carbons (Fsp3) is 0.381. The van der Waals surface area contributed by atoms with Gasteiger partial charge in [0.05, 0.1) is 14.2 Å². The van der Waals surface area contributed by atoms with Gasteiger partial charge in [0.25, 0.3) is 5.91 Å². The molecule has 1 aromatic carbocycles. The van der Waals surface area contributed by atoms with Crippen molar-refractivity contribution in [3.05, 3.63) is 53.9 Å². The van der Waals surface area contributed by atoms with E-state index in [2.05, 4.69) is 15.6 Å². The number of hydrogen-bond donors (Lipinski definition) is 2. The third kappa shape index (κ3) is 6.26. The van der Waals surface area contributed by atoms with Crippen molar-refractivity contribution in [1.82, 2.24) is 15.6 Å². The number of benzene rings is 1. The van der Waals surface area contributed by atoms with Crippen LogP contribution >= 0.6 is 0 Å². The summed E-state index contributed by atoms with van der Waals surface area (Å²) in [6.45, 7) is 4.36. The number of rotatable bonds is 9. The van der Waals surface area contributed by atoms with Crippen LogP contribution in [0.1, 0.15) is 36.2 Å². The number of nitrogens with zero attached hydrogens (tertiary/aromatic N) is 1. The Hall–Kier alpha value is -3.09. The number of carbonyl (C=O) groups is 2. The van der Waals surface area contributed by atoms with E-state index in [1.54, 1.807) is 30.6 Å². The Bertz CT molecular complexity index is 771. The lowest BCUT2D eigenvalue weighted by Crippen LogP contribution is -2.47. The molecular weight excluding hydrogens is 358 g/mol. The number of methoxy groups -OCH3 is 2. The predicted octanol–water partition coefficient (Wildman–Crippen LogP) is 2.56. The van der Waals surface area contributed by atoms with Gasteiger partial charge < -0.3 is 20.1 Å². The standard InChI is InChI=1S/C21H27N3O4/c1-14(2)8-19(21(26)23-13-15-6-5-7-22-12-15)24-20(25)16-9-17(27-3)11-18(10-16)28-4/h5-7,9-12,14,19H,8,13H2,1-4H3,(H,23,26)(H,24,25)/t19-/m0/s1. The Morgan fingerprint density at radius 1 is 1.11 bits per heavy atom. The monoisotopic (exact) mass is 385 g/mol. The van der Waals surface area contributed by atoms with Gasteiger partial charge in [-0.1, -0.05) is 19.9 Å². The van der Waals surface area contributed by atoms with Gasteiger partial charge in [0.2, 0.25) is 5.91 Å². The Balaban J connectivity index is 2.10. The molecule has 7 heteroatoms. The molecule has 0 unspecified atom stereocenters. The average Bonchev–Trinajstić information content (AvgIpc) is 2.71. The molecule has 0 aliphatic rings. The van der Waals surface area contributed by atoms with Gasteiger partial charge in [-0.15, -0.1) is 0 Å². The van der Waals surface area contributed by atoms with Crippen molar-refractivity contribution in [2.75, 3.05) is 14.2 Å². The van der Waals surface area contributed by atoms with E-state index in [9.17, 15) is 9.59 Å². The number of ether oxygens (including phenoxy) is 2. The third-order valence-electron chi connectivity index (χ3n) is 4.13. The molecule has 2 rings (SSSR count). The second-order valence-electron chi connectivity index (χ2n) is 6.84. The summed E-state index contributed by atoms with van der Waals surface area (Å²) in [7, 11) is 3.04. The second-order valence-corrected chi connectivity index (χ2v) is 6.84. The molecule has 0 saturated heterocycles. The van der Waals surface area contributed by atoms with Crippen molar-refractivity contribution in [3.8, 4) is 11.5 Å². The summed E-state index contributed by atoms with van der Waals surface area (Å²) in [4.78, 5) is 29.4. The van der Waals surface area contributed by atoms with Crippen molar-refractivity contribution in [2.24, 2.45) is 5.92 Å². The summed E-state index contributed by atoms with van der Waals surface area (Å²) in [5, 5.41) is 5.69. The summed E-state index contributed by atoms with van der Waals surface area (Å²) in [5.41, 5.74) is 1.26. The minimum Gasteiger partial charge on any atom is -0.497 e. The van der Waals surface area contributed by atoms with Crippen LogP contribution in [0, 0.1) is 5.92 Å². The fourth-order valence-corrected chi connectivity index (χ4v) is 2.70. The average molecular weight is 385 g/mol. The smallest absolute Gasteiger partial charge is 0.252 e. The minimum absolute atomic E-state index is 0.231. The highest BCUT2D eigenvalue weighted by Gasteiger charge is 2.23. The van der Waals surface area contributed by atoms with Crippen LogP contribution in [0.15, 0.2) is 42.7 Å². The van der Waals surface area contributed by atoms with Gasteiger partial charge in [0.1, 0.15) is 17.5 Å². The van der Waals surface area contributed by atoms with Gasteiger partial charge in [0.15, 0.2) is 0 Å². The molecule has 1 aromatic heterocycles. The third-order valence-corrected chi connectivity index (χ3v) is 4.13. The SMILES string of the molecule is COc1cc(OC)cc(C(=O)N[C@@H](CC(C)C)C(=O)NCc2cccnc2)c1. The van der Waals surface area contributed by atoms with Crippen molar-refractivity contribution in [1.29, 1.82) is 0 Å². The topological polar surface area (TPSA) is 89.5 Å². The molecule has 2 amide bonds. The van der Waals surface area contributed by atoms with Crippen LogP contribution in [-0.2, 0) is 11.3 Å². The molecule has 0 aliphatic heterocycles. The molecule has 2 aromatic rings. The minimum atomic E-state index is -0.652. The quantitative estimate of drug-likeness (QED) is 0.692. The number of amides is 2. The highest BCUT2D eigenvalue weighted by molar-refractivity contribution is 5.98. The van der Waals surface area contributed by atoms with E-state index in [1.807, 2.05) is 26.0 Å². The highest BCUT2D eigenvalue weighted by atomic mass is 16.5. The van der Waals surface area contributed by atoms with Crippen molar-refractivity contribution < 1.29 is 19.1 Å². The number of nitrogens with one attached hydrogen (secondary N) is 2. The molecule has 0 radical (unpaired) electrons.